The zero-order chi connectivity index (χ0) is 16.5. The highest BCUT2D eigenvalue weighted by atomic mass is 35.5. The maximum atomic E-state index is 14.0. The lowest BCUT2D eigenvalue weighted by atomic mass is 9.75. The van der Waals surface area contributed by atoms with E-state index in [1.54, 1.807) is 0 Å². The molecule has 1 aromatic carbocycles. The number of carbonyl (C=O) groups excluding carboxylic acids is 2. The Morgan fingerprint density at radius 1 is 1.27 bits per heavy atom. The summed E-state index contributed by atoms with van der Waals surface area (Å²) in [7, 11) is 0. The van der Waals surface area contributed by atoms with Crippen LogP contribution in [0.25, 0.3) is 0 Å². The second kappa shape index (κ2) is 5.81. The molecule has 1 saturated carbocycles. The summed E-state index contributed by atoms with van der Waals surface area (Å²) in [4.78, 5) is 22.9. The minimum Gasteiger partial charge on any atom is -0.383 e. The van der Waals surface area contributed by atoms with Crippen LogP contribution in [0.15, 0.2) is 18.2 Å². The SMILES string of the molecule is CC(=O)Nc1cc(Cl)ccc1NC(=O)C(F)(F)C1(O)CCC1. The summed E-state index contributed by atoms with van der Waals surface area (Å²) in [6.07, 6.45) is 0.177. The maximum Gasteiger partial charge on any atom is 0.352 e. The van der Waals surface area contributed by atoms with E-state index in [0.717, 1.165) is 0 Å². The van der Waals surface area contributed by atoms with Crippen molar-refractivity contribution in [1.29, 1.82) is 0 Å². The van der Waals surface area contributed by atoms with Gasteiger partial charge in [-0.15, -0.1) is 0 Å². The Morgan fingerprint density at radius 2 is 1.91 bits per heavy atom. The summed E-state index contributed by atoms with van der Waals surface area (Å²) >= 11 is 5.78. The van der Waals surface area contributed by atoms with Crippen LogP contribution >= 0.6 is 11.6 Å². The van der Waals surface area contributed by atoms with Crippen LogP contribution in [0.1, 0.15) is 26.2 Å². The molecule has 0 atom stereocenters. The van der Waals surface area contributed by atoms with Gasteiger partial charge in [-0.1, -0.05) is 11.6 Å². The van der Waals surface area contributed by atoms with Gasteiger partial charge < -0.3 is 15.7 Å². The van der Waals surface area contributed by atoms with E-state index in [2.05, 4.69) is 5.32 Å². The van der Waals surface area contributed by atoms with Crippen molar-refractivity contribution in [2.45, 2.75) is 37.7 Å². The predicted octanol–water partition coefficient (Wildman–Crippen LogP) is 2.79. The van der Waals surface area contributed by atoms with Gasteiger partial charge in [0.15, 0.2) is 0 Å². The number of nitrogens with one attached hydrogen (secondary N) is 2. The second-order valence-corrected chi connectivity index (χ2v) is 5.72. The van der Waals surface area contributed by atoms with Gasteiger partial charge in [0.1, 0.15) is 5.60 Å². The van der Waals surface area contributed by atoms with Crippen molar-refractivity contribution in [3.05, 3.63) is 23.2 Å². The first-order chi connectivity index (χ1) is 10.2. The van der Waals surface area contributed by atoms with E-state index in [0.29, 0.717) is 6.42 Å². The smallest absolute Gasteiger partial charge is 0.352 e. The third-order valence-electron chi connectivity index (χ3n) is 3.59. The summed E-state index contributed by atoms with van der Waals surface area (Å²) in [5.41, 5.74) is -2.23. The van der Waals surface area contributed by atoms with Crippen molar-refractivity contribution < 1.29 is 23.5 Å². The molecule has 0 aliphatic heterocycles. The number of aliphatic hydroxyl groups is 1. The average molecular weight is 333 g/mol. The number of hydrogen-bond donors (Lipinski definition) is 3. The number of amides is 2. The van der Waals surface area contributed by atoms with Gasteiger partial charge >= 0.3 is 5.92 Å². The van der Waals surface area contributed by atoms with Crippen LogP contribution in [0.3, 0.4) is 0 Å². The molecule has 8 heteroatoms. The Morgan fingerprint density at radius 3 is 2.41 bits per heavy atom. The molecule has 1 aromatic rings. The molecule has 0 radical (unpaired) electrons. The maximum absolute atomic E-state index is 14.0. The number of halogens is 3. The lowest BCUT2D eigenvalue weighted by Crippen LogP contribution is -2.59. The van der Waals surface area contributed by atoms with Gasteiger partial charge in [-0.3, -0.25) is 9.59 Å². The van der Waals surface area contributed by atoms with E-state index < -0.39 is 23.3 Å². The molecule has 22 heavy (non-hydrogen) atoms. The fourth-order valence-electron chi connectivity index (χ4n) is 2.16. The number of anilines is 2. The van der Waals surface area contributed by atoms with Gasteiger partial charge in [0, 0.05) is 11.9 Å². The summed E-state index contributed by atoms with van der Waals surface area (Å²) in [6, 6.07) is 4.01. The Hall–Kier alpha value is -1.73. The van der Waals surface area contributed by atoms with Gasteiger partial charge in [0.25, 0.3) is 5.91 Å². The highest BCUT2D eigenvalue weighted by Crippen LogP contribution is 2.45. The molecule has 0 spiro atoms. The third kappa shape index (κ3) is 3.05. The summed E-state index contributed by atoms with van der Waals surface area (Å²) < 4.78 is 28.1. The van der Waals surface area contributed by atoms with Crippen molar-refractivity contribution >= 4 is 34.8 Å². The Bertz CT molecular complexity index is 618. The van der Waals surface area contributed by atoms with Crippen LogP contribution < -0.4 is 10.6 Å². The number of hydrogen-bond acceptors (Lipinski definition) is 3. The molecule has 1 fully saturated rings. The van der Waals surface area contributed by atoms with Crippen LogP contribution in [0.5, 0.6) is 0 Å². The van der Waals surface area contributed by atoms with Gasteiger partial charge in [-0.2, -0.15) is 8.78 Å². The monoisotopic (exact) mass is 332 g/mol. The summed E-state index contributed by atoms with van der Waals surface area (Å²) in [6.45, 7) is 1.23. The fourth-order valence-corrected chi connectivity index (χ4v) is 2.33. The largest absolute Gasteiger partial charge is 0.383 e. The number of rotatable bonds is 4. The van der Waals surface area contributed by atoms with Crippen molar-refractivity contribution in [3.63, 3.8) is 0 Å². The number of carbonyl (C=O) groups is 2. The topological polar surface area (TPSA) is 78.4 Å². The number of alkyl halides is 2. The highest BCUT2D eigenvalue weighted by molar-refractivity contribution is 6.31. The van der Waals surface area contributed by atoms with Crippen LogP contribution in [-0.4, -0.2) is 28.4 Å². The van der Waals surface area contributed by atoms with E-state index in [-0.39, 0.29) is 29.2 Å². The predicted molar refractivity (Wildman–Crippen MR) is 78.1 cm³/mol. The van der Waals surface area contributed by atoms with Crippen LogP contribution in [-0.2, 0) is 9.59 Å². The quantitative estimate of drug-likeness (QED) is 0.793. The molecule has 2 amide bonds. The molecule has 5 nitrogen and oxygen atoms in total. The Balaban J connectivity index is 2.23. The van der Waals surface area contributed by atoms with Crippen LogP contribution in [0.4, 0.5) is 20.2 Å². The second-order valence-electron chi connectivity index (χ2n) is 5.28. The zero-order valence-corrected chi connectivity index (χ0v) is 12.5. The fraction of sp³-hybridized carbons (Fsp3) is 0.429. The Labute approximate surface area is 130 Å². The van der Waals surface area contributed by atoms with Crippen LogP contribution in [0.2, 0.25) is 5.02 Å². The Kier molecular flexibility index (Phi) is 4.39. The van der Waals surface area contributed by atoms with E-state index >= 15 is 0 Å². The highest BCUT2D eigenvalue weighted by Gasteiger charge is 2.61. The molecule has 1 aliphatic rings. The molecule has 120 valence electrons. The molecular weight excluding hydrogens is 318 g/mol. The lowest BCUT2D eigenvalue weighted by Gasteiger charge is -2.41. The van der Waals surface area contributed by atoms with Gasteiger partial charge in [0.05, 0.1) is 11.4 Å². The first-order valence-electron chi connectivity index (χ1n) is 6.64. The van der Waals surface area contributed by atoms with E-state index in [1.165, 1.54) is 25.1 Å². The molecule has 1 aliphatic carbocycles. The van der Waals surface area contributed by atoms with Gasteiger partial charge in [-0.25, -0.2) is 0 Å². The molecule has 3 N–H and O–H groups in total. The van der Waals surface area contributed by atoms with Gasteiger partial charge in [-0.05, 0) is 37.5 Å². The zero-order valence-electron chi connectivity index (χ0n) is 11.8. The average Bonchev–Trinajstić information content (AvgIpc) is 2.38. The van der Waals surface area contributed by atoms with Gasteiger partial charge in [0.2, 0.25) is 5.91 Å². The summed E-state index contributed by atoms with van der Waals surface area (Å²) in [5.74, 6) is -5.98. The van der Waals surface area contributed by atoms with Crippen molar-refractivity contribution in [2.24, 2.45) is 0 Å². The van der Waals surface area contributed by atoms with Crippen molar-refractivity contribution in [3.8, 4) is 0 Å². The van der Waals surface area contributed by atoms with Crippen LogP contribution in [0, 0.1) is 0 Å². The normalized spacial score (nSPS) is 16.6. The molecule has 0 bridgehead atoms. The molecule has 0 unspecified atom stereocenters. The lowest BCUT2D eigenvalue weighted by molar-refractivity contribution is -0.212. The standard InChI is InChI=1S/C14H15ClF2N2O3/c1-8(20)18-11-7-9(15)3-4-10(11)19-12(21)14(16,17)13(22)5-2-6-13/h3-4,7,22H,2,5-6H2,1H3,(H,18,20)(H,19,21). The molecule has 0 aromatic heterocycles. The first-order valence-corrected chi connectivity index (χ1v) is 7.02. The van der Waals surface area contributed by atoms with E-state index in [4.69, 9.17) is 11.6 Å². The number of benzene rings is 1. The summed E-state index contributed by atoms with van der Waals surface area (Å²) in [5, 5.41) is 14.4. The minimum atomic E-state index is -3.92. The first kappa shape index (κ1) is 16.6. The van der Waals surface area contributed by atoms with E-state index in [9.17, 15) is 23.5 Å². The third-order valence-corrected chi connectivity index (χ3v) is 3.83. The van der Waals surface area contributed by atoms with Crippen molar-refractivity contribution in [2.75, 3.05) is 10.6 Å². The minimum absolute atomic E-state index is 0.0211. The molecular formula is C14H15ClF2N2O3. The molecule has 0 saturated heterocycles. The molecule has 2 rings (SSSR count). The van der Waals surface area contributed by atoms with Crippen molar-refractivity contribution in [1.82, 2.24) is 0 Å². The molecule has 0 heterocycles. The van der Waals surface area contributed by atoms with E-state index in [1.807, 2.05) is 5.32 Å².